The highest BCUT2D eigenvalue weighted by molar-refractivity contribution is 6.01. The summed E-state index contributed by atoms with van der Waals surface area (Å²) in [5.74, 6) is -1.05. The van der Waals surface area contributed by atoms with Crippen molar-refractivity contribution in [2.24, 2.45) is 0 Å². The second-order valence-electron chi connectivity index (χ2n) is 5.25. The van der Waals surface area contributed by atoms with E-state index in [9.17, 15) is 13.6 Å². The maximum absolute atomic E-state index is 12.9. The lowest BCUT2D eigenvalue weighted by molar-refractivity contribution is 0.0861. The van der Waals surface area contributed by atoms with Crippen LogP contribution in [0.25, 0.3) is 0 Å². The van der Waals surface area contributed by atoms with Crippen LogP contribution in [-0.4, -0.2) is 12.2 Å². The Labute approximate surface area is 123 Å². The van der Waals surface area contributed by atoms with Crippen LogP contribution in [0.3, 0.4) is 0 Å². The number of benzene rings is 2. The average Bonchev–Trinajstić information content (AvgIpc) is 2.48. The predicted octanol–water partition coefficient (Wildman–Crippen LogP) is 4.93. The number of ketones is 1. The first-order valence-corrected chi connectivity index (χ1v) is 6.93. The molecule has 2 aromatic rings. The van der Waals surface area contributed by atoms with Crippen molar-refractivity contribution in [3.05, 3.63) is 70.8 Å². The van der Waals surface area contributed by atoms with E-state index < -0.39 is 18.8 Å². The van der Waals surface area contributed by atoms with Gasteiger partial charge in [-0.05, 0) is 30.5 Å². The minimum Gasteiger partial charge on any atom is -0.293 e. The van der Waals surface area contributed by atoms with Crippen molar-refractivity contribution in [1.29, 1.82) is 0 Å². The van der Waals surface area contributed by atoms with Gasteiger partial charge in [-0.3, -0.25) is 4.79 Å². The molecule has 0 N–H and O–H groups in total. The summed E-state index contributed by atoms with van der Waals surface area (Å²) in [6.07, 6.45) is -2.96. The van der Waals surface area contributed by atoms with Gasteiger partial charge in [0.2, 0.25) is 6.43 Å². The first kappa shape index (κ1) is 15.4. The number of hydrogen-bond donors (Lipinski definition) is 0. The van der Waals surface area contributed by atoms with E-state index >= 15 is 0 Å². The molecular formula is C18H18F2O. The van der Waals surface area contributed by atoms with E-state index in [-0.39, 0.29) is 5.78 Å². The summed E-state index contributed by atoms with van der Waals surface area (Å²) >= 11 is 0. The van der Waals surface area contributed by atoms with Crippen LogP contribution in [0.4, 0.5) is 8.78 Å². The van der Waals surface area contributed by atoms with E-state index in [0.717, 1.165) is 11.1 Å². The van der Waals surface area contributed by atoms with E-state index in [4.69, 9.17) is 0 Å². The smallest absolute Gasteiger partial charge is 0.239 e. The fraction of sp³-hybridized carbons (Fsp3) is 0.278. The van der Waals surface area contributed by atoms with Crippen molar-refractivity contribution in [3.63, 3.8) is 0 Å². The second-order valence-corrected chi connectivity index (χ2v) is 5.25. The molecular weight excluding hydrogens is 270 g/mol. The third-order valence-electron chi connectivity index (χ3n) is 3.72. The van der Waals surface area contributed by atoms with Gasteiger partial charge in [0.25, 0.3) is 0 Å². The van der Waals surface area contributed by atoms with Crippen LogP contribution in [0.2, 0.25) is 0 Å². The summed E-state index contributed by atoms with van der Waals surface area (Å²) < 4.78 is 25.7. The van der Waals surface area contributed by atoms with Crippen molar-refractivity contribution in [1.82, 2.24) is 0 Å². The number of rotatable bonds is 5. The number of halogens is 2. The Bertz CT molecular complexity index is 620. The zero-order chi connectivity index (χ0) is 15.4. The highest BCUT2D eigenvalue weighted by atomic mass is 19.3. The molecule has 0 aromatic heterocycles. The molecule has 2 rings (SSSR count). The average molecular weight is 288 g/mol. The topological polar surface area (TPSA) is 17.1 Å². The van der Waals surface area contributed by atoms with Gasteiger partial charge in [0, 0.05) is 12.0 Å². The molecule has 0 bridgehead atoms. The molecule has 0 radical (unpaired) electrons. The lowest BCUT2D eigenvalue weighted by Gasteiger charge is -2.17. The molecule has 0 aliphatic carbocycles. The Morgan fingerprint density at radius 1 is 1.00 bits per heavy atom. The summed E-state index contributed by atoms with van der Waals surface area (Å²) in [5, 5.41) is 0. The van der Waals surface area contributed by atoms with Crippen LogP contribution in [0.1, 0.15) is 39.4 Å². The minimum atomic E-state index is -2.51. The number of carbonyl (C=O) groups is 1. The second kappa shape index (κ2) is 6.61. The van der Waals surface area contributed by atoms with Crippen LogP contribution in [-0.2, 0) is 0 Å². The van der Waals surface area contributed by atoms with Gasteiger partial charge in [-0.1, -0.05) is 48.5 Å². The van der Waals surface area contributed by atoms with E-state index in [1.807, 2.05) is 26.0 Å². The largest absolute Gasteiger partial charge is 0.293 e. The number of alkyl halides is 2. The molecule has 0 saturated carbocycles. The molecule has 1 unspecified atom stereocenters. The standard InChI is InChI=1S/C18H18F2O/c1-12-8-9-15(10-13(12)2)16(11-17(19)20)18(21)14-6-4-3-5-7-14/h3-10,16-17H,11H2,1-2H3. The molecule has 1 nitrogen and oxygen atoms in total. The maximum Gasteiger partial charge on any atom is 0.239 e. The molecule has 0 saturated heterocycles. The van der Waals surface area contributed by atoms with Gasteiger partial charge in [0.15, 0.2) is 5.78 Å². The molecule has 110 valence electrons. The molecule has 0 fully saturated rings. The molecule has 21 heavy (non-hydrogen) atoms. The van der Waals surface area contributed by atoms with Crippen LogP contribution >= 0.6 is 0 Å². The van der Waals surface area contributed by atoms with Crippen LogP contribution < -0.4 is 0 Å². The highest BCUT2D eigenvalue weighted by Crippen LogP contribution is 2.28. The van der Waals surface area contributed by atoms with E-state index in [0.29, 0.717) is 11.1 Å². The van der Waals surface area contributed by atoms with Crippen molar-refractivity contribution in [2.75, 3.05) is 0 Å². The van der Waals surface area contributed by atoms with Crippen LogP contribution in [0, 0.1) is 13.8 Å². The quantitative estimate of drug-likeness (QED) is 0.713. The van der Waals surface area contributed by atoms with Crippen molar-refractivity contribution in [3.8, 4) is 0 Å². The number of carbonyl (C=O) groups excluding carboxylic acids is 1. The zero-order valence-electron chi connectivity index (χ0n) is 12.1. The fourth-order valence-corrected chi connectivity index (χ4v) is 2.36. The third-order valence-corrected chi connectivity index (χ3v) is 3.72. The van der Waals surface area contributed by atoms with Crippen LogP contribution in [0.5, 0.6) is 0 Å². The first-order valence-electron chi connectivity index (χ1n) is 6.93. The van der Waals surface area contributed by atoms with Gasteiger partial charge in [0.1, 0.15) is 0 Å². The number of Topliss-reactive ketones (excluding diaryl/α,β-unsaturated/α-hetero) is 1. The van der Waals surface area contributed by atoms with E-state index in [1.165, 1.54) is 0 Å². The molecule has 2 aromatic carbocycles. The van der Waals surface area contributed by atoms with E-state index in [2.05, 4.69) is 0 Å². The molecule has 0 amide bonds. The Balaban J connectivity index is 2.38. The Morgan fingerprint density at radius 2 is 1.67 bits per heavy atom. The summed E-state index contributed by atoms with van der Waals surface area (Å²) in [6.45, 7) is 3.88. The fourth-order valence-electron chi connectivity index (χ4n) is 2.36. The normalized spacial score (nSPS) is 12.4. The molecule has 0 aliphatic heterocycles. The van der Waals surface area contributed by atoms with Gasteiger partial charge in [-0.15, -0.1) is 0 Å². The SMILES string of the molecule is Cc1ccc(C(CC(F)F)C(=O)c2ccccc2)cc1C. The van der Waals surface area contributed by atoms with Gasteiger partial charge >= 0.3 is 0 Å². The van der Waals surface area contributed by atoms with Gasteiger partial charge in [-0.2, -0.15) is 0 Å². The monoisotopic (exact) mass is 288 g/mol. The lowest BCUT2D eigenvalue weighted by Crippen LogP contribution is -2.16. The van der Waals surface area contributed by atoms with Gasteiger partial charge in [-0.25, -0.2) is 8.78 Å². The molecule has 0 spiro atoms. The summed E-state index contributed by atoms with van der Waals surface area (Å²) in [4.78, 5) is 12.5. The zero-order valence-corrected chi connectivity index (χ0v) is 12.1. The molecule has 0 aliphatic rings. The minimum absolute atomic E-state index is 0.251. The summed E-state index contributed by atoms with van der Waals surface area (Å²) in [5.41, 5.74) is 3.22. The third kappa shape index (κ3) is 3.75. The van der Waals surface area contributed by atoms with Gasteiger partial charge < -0.3 is 0 Å². The molecule has 0 heterocycles. The number of aryl methyl sites for hydroxylation is 2. The highest BCUT2D eigenvalue weighted by Gasteiger charge is 2.25. The first-order chi connectivity index (χ1) is 9.99. The Kier molecular flexibility index (Phi) is 4.84. The van der Waals surface area contributed by atoms with E-state index in [1.54, 1.807) is 36.4 Å². The predicted molar refractivity (Wildman–Crippen MR) is 80.1 cm³/mol. The molecule has 1 atom stereocenters. The van der Waals surface area contributed by atoms with Crippen LogP contribution in [0.15, 0.2) is 48.5 Å². The Hall–Kier alpha value is -2.03. The lowest BCUT2D eigenvalue weighted by atomic mass is 9.87. The number of hydrogen-bond acceptors (Lipinski definition) is 1. The molecule has 3 heteroatoms. The van der Waals surface area contributed by atoms with Crippen molar-refractivity contribution >= 4 is 5.78 Å². The maximum atomic E-state index is 12.9. The van der Waals surface area contributed by atoms with Gasteiger partial charge in [0.05, 0.1) is 5.92 Å². The summed E-state index contributed by atoms with van der Waals surface area (Å²) in [7, 11) is 0. The van der Waals surface area contributed by atoms with Crippen molar-refractivity contribution in [2.45, 2.75) is 32.6 Å². The van der Waals surface area contributed by atoms with Crippen molar-refractivity contribution < 1.29 is 13.6 Å². The summed E-state index contributed by atoms with van der Waals surface area (Å²) in [6, 6.07) is 14.1. The Morgan fingerprint density at radius 3 is 2.24 bits per heavy atom.